The molecule has 8 nitrogen and oxygen atoms in total. The average Bonchev–Trinajstić information content (AvgIpc) is 2.84. The van der Waals surface area contributed by atoms with E-state index >= 15 is 0 Å². The Kier molecular flexibility index (Phi) is 5.28. The molecule has 0 spiro atoms. The monoisotopic (exact) mass is 419 g/mol. The first kappa shape index (κ1) is 19.5. The van der Waals surface area contributed by atoms with Gasteiger partial charge in [-0.2, -0.15) is 0 Å². The zero-order valence-electron chi connectivity index (χ0n) is 17.4. The Labute approximate surface area is 180 Å². The summed E-state index contributed by atoms with van der Waals surface area (Å²) < 4.78 is 5.71. The lowest BCUT2D eigenvalue weighted by atomic mass is 10.1. The maximum absolute atomic E-state index is 12.9. The number of hydrogen-bond donors (Lipinski definition) is 0. The van der Waals surface area contributed by atoms with Gasteiger partial charge < -0.3 is 19.1 Å². The molecule has 0 aliphatic carbocycles. The highest BCUT2D eigenvalue weighted by Crippen LogP contribution is 2.20. The van der Waals surface area contributed by atoms with Crippen molar-refractivity contribution in [2.75, 3.05) is 49.1 Å². The molecule has 8 heteroatoms. The molecule has 0 N–H and O–H groups in total. The van der Waals surface area contributed by atoms with E-state index in [-0.39, 0.29) is 17.1 Å². The number of para-hydroxylation sites is 1. The average molecular weight is 419 g/mol. The molecule has 2 aliphatic rings. The Morgan fingerprint density at radius 2 is 1.45 bits per heavy atom. The normalized spacial score (nSPS) is 17.2. The van der Waals surface area contributed by atoms with Crippen molar-refractivity contribution < 1.29 is 9.21 Å². The largest absolute Gasteiger partial charge is 0.451 e. The Balaban J connectivity index is 1.24. The summed E-state index contributed by atoms with van der Waals surface area (Å²) in [5, 5.41) is 9.33. The molecular weight excluding hydrogens is 394 g/mol. The second-order valence-corrected chi connectivity index (χ2v) is 8.05. The zero-order valence-corrected chi connectivity index (χ0v) is 17.4. The smallest absolute Gasteiger partial charge is 0.289 e. The number of nitrogens with zero attached hydrogens (tertiary/aromatic N) is 5. The Bertz CT molecular complexity index is 1130. The van der Waals surface area contributed by atoms with Crippen molar-refractivity contribution in [2.24, 2.45) is 0 Å². The Morgan fingerprint density at radius 1 is 0.806 bits per heavy atom. The quantitative estimate of drug-likeness (QED) is 0.645. The van der Waals surface area contributed by atoms with E-state index < -0.39 is 0 Å². The minimum absolute atomic E-state index is 0.0860. The van der Waals surface area contributed by atoms with E-state index in [1.165, 1.54) is 25.3 Å². The first-order valence-electron chi connectivity index (χ1n) is 10.8. The van der Waals surface area contributed by atoms with Gasteiger partial charge in [0.25, 0.3) is 5.91 Å². The molecule has 0 bridgehead atoms. The number of carbonyl (C=O) groups is 1. The van der Waals surface area contributed by atoms with Crippen LogP contribution in [0.5, 0.6) is 0 Å². The SMILES string of the molecule is O=C(c1cc(=O)c2ccccc2o1)N1CCN(c2ccc(N3CCCCC3)nn2)CC1. The predicted molar refractivity (Wildman–Crippen MR) is 119 cm³/mol. The minimum Gasteiger partial charge on any atom is -0.451 e. The van der Waals surface area contributed by atoms with E-state index in [4.69, 9.17) is 4.42 Å². The van der Waals surface area contributed by atoms with Crippen molar-refractivity contribution in [3.8, 4) is 0 Å². The van der Waals surface area contributed by atoms with Gasteiger partial charge in [0.1, 0.15) is 5.58 Å². The fourth-order valence-electron chi connectivity index (χ4n) is 4.28. The predicted octanol–water partition coefficient (Wildman–Crippen LogP) is 2.54. The molecule has 160 valence electrons. The highest BCUT2D eigenvalue weighted by atomic mass is 16.3. The number of hydrogen-bond acceptors (Lipinski definition) is 7. The summed E-state index contributed by atoms with van der Waals surface area (Å²) in [5.74, 6) is 1.59. The summed E-state index contributed by atoms with van der Waals surface area (Å²) in [6.45, 7) is 4.46. The van der Waals surface area contributed by atoms with Gasteiger partial charge in [0, 0.05) is 45.3 Å². The molecule has 0 atom stereocenters. The number of piperidine rings is 1. The third-order valence-electron chi connectivity index (χ3n) is 6.05. The third kappa shape index (κ3) is 3.97. The van der Waals surface area contributed by atoms with Gasteiger partial charge in [-0.05, 0) is 43.5 Å². The van der Waals surface area contributed by atoms with Crippen LogP contribution in [-0.4, -0.2) is 60.3 Å². The summed E-state index contributed by atoms with van der Waals surface area (Å²) >= 11 is 0. The molecule has 31 heavy (non-hydrogen) atoms. The summed E-state index contributed by atoms with van der Waals surface area (Å²) in [7, 11) is 0. The van der Waals surface area contributed by atoms with E-state index in [0.29, 0.717) is 37.1 Å². The second kappa shape index (κ2) is 8.37. The fraction of sp³-hybridized carbons (Fsp3) is 0.391. The number of rotatable bonds is 3. The summed E-state index contributed by atoms with van der Waals surface area (Å²) in [6, 6.07) is 12.3. The molecule has 1 amide bonds. The van der Waals surface area contributed by atoms with E-state index in [1.807, 2.05) is 12.1 Å². The van der Waals surface area contributed by atoms with Crippen molar-refractivity contribution in [2.45, 2.75) is 19.3 Å². The van der Waals surface area contributed by atoms with Crippen LogP contribution in [0.15, 0.2) is 51.7 Å². The molecule has 2 saturated heterocycles. The van der Waals surface area contributed by atoms with E-state index in [9.17, 15) is 9.59 Å². The fourth-order valence-corrected chi connectivity index (χ4v) is 4.28. The van der Waals surface area contributed by atoms with Crippen molar-refractivity contribution in [3.05, 3.63) is 58.4 Å². The van der Waals surface area contributed by atoms with Crippen LogP contribution >= 0.6 is 0 Å². The van der Waals surface area contributed by atoms with Gasteiger partial charge in [-0.25, -0.2) is 0 Å². The van der Waals surface area contributed by atoms with Crippen LogP contribution in [0.25, 0.3) is 11.0 Å². The molecule has 2 fully saturated rings. The Morgan fingerprint density at radius 3 is 2.13 bits per heavy atom. The molecule has 1 aromatic carbocycles. The molecule has 0 radical (unpaired) electrons. The third-order valence-corrected chi connectivity index (χ3v) is 6.05. The number of benzene rings is 1. The van der Waals surface area contributed by atoms with Crippen LogP contribution < -0.4 is 15.2 Å². The number of anilines is 2. The Hall–Kier alpha value is -3.42. The summed E-state index contributed by atoms with van der Waals surface area (Å²) in [4.78, 5) is 31.3. The van der Waals surface area contributed by atoms with Gasteiger partial charge in [-0.1, -0.05) is 12.1 Å². The first-order valence-corrected chi connectivity index (χ1v) is 10.8. The molecule has 0 saturated carbocycles. The number of carbonyl (C=O) groups excluding carboxylic acids is 1. The molecule has 2 aromatic heterocycles. The van der Waals surface area contributed by atoms with E-state index in [0.717, 1.165) is 24.7 Å². The molecular formula is C23H25N5O3. The maximum Gasteiger partial charge on any atom is 0.289 e. The highest BCUT2D eigenvalue weighted by Gasteiger charge is 2.25. The van der Waals surface area contributed by atoms with Crippen molar-refractivity contribution in [1.29, 1.82) is 0 Å². The van der Waals surface area contributed by atoms with Gasteiger partial charge in [0.15, 0.2) is 22.8 Å². The van der Waals surface area contributed by atoms with Crippen LogP contribution in [0.1, 0.15) is 29.8 Å². The molecule has 0 unspecified atom stereocenters. The first-order chi connectivity index (χ1) is 15.2. The van der Waals surface area contributed by atoms with Crippen LogP contribution in [-0.2, 0) is 0 Å². The summed E-state index contributed by atoms with van der Waals surface area (Å²) in [6.07, 6.45) is 3.70. The van der Waals surface area contributed by atoms with Gasteiger partial charge in [-0.15, -0.1) is 10.2 Å². The van der Waals surface area contributed by atoms with Gasteiger partial charge >= 0.3 is 0 Å². The van der Waals surface area contributed by atoms with Crippen molar-refractivity contribution in [3.63, 3.8) is 0 Å². The van der Waals surface area contributed by atoms with Crippen LogP contribution in [0.4, 0.5) is 11.6 Å². The molecule has 4 heterocycles. The lowest BCUT2D eigenvalue weighted by Gasteiger charge is -2.35. The molecule has 2 aliphatic heterocycles. The van der Waals surface area contributed by atoms with Gasteiger partial charge in [0.2, 0.25) is 0 Å². The summed E-state index contributed by atoms with van der Waals surface area (Å²) in [5.41, 5.74) is 0.231. The van der Waals surface area contributed by atoms with Gasteiger partial charge in [-0.3, -0.25) is 9.59 Å². The molecule has 3 aromatic rings. The molecule has 5 rings (SSSR count). The van der Waals surface area contributed by atoms with Crippen molar-refractivity contribution >= 4 is 28.5 Å². The number of amides is 1. The minimum atomic E-state index is -0.256. The lowest BCUT2D eigenvalue weighted by molar-refractivity contribution is 0.0715. The number of fused-ring (bicyclic) bond motifs is 1. The number of aromatic nitrogens is 2. The van der Waals surface area contributed by atoms with Crippen LogP contribution in [0.2, 0.25) is 0 Å². The standard InChI is InChI=1S/C23H25N5O3/c29-18-16-20(31-19-7-3-2-6-17(18)19)23(30)28-14-12-27(13-15-28)22-9-8-21(24-25-22)26-10-4-1-5-11-26/h2-3,6-9,16H,1,4-5,10-15H2. The second-order valence-electron chi connectivity index (χ2n) is 8.05. The number of piperazine rings is 1. The van der Waals surface area contributed by atoms with E-state index in [2.05, 4.69) is 20.0 Å². The lowest BCUT2D eigenvalue weighted by Crippen LogP contribution is -2.49. The zero-order chi connectivity index (χ0) is 21.2. The van der Waals surface area contributed by atoms with Crippen LogP contribution in [0.3, 0.4) is 0 Å². The maximum atomic E-state index is 12.9. The van der Waals surface area contributed by atoms with Gasteiger partial charge in [0.05, 0.1) is 5.39 Å². The van der Waals surface area contributed by atoms with Crippen LogP contribution in [0, 0.1) is 0 Å². The topological polar surface area (TPSA) is 82.8 Å². The highest BCUT2D eigenvalue weighted by molar-refractivity contribution is 5.93. The van der Waals surface area contributed by atoms with E-state index in [1.54, 1.807) is 29.2 Å². The van der Waals surface area contributed by atoms with Crippen molar-refractivity contribution in [1.82, 2.24) is 15.1 Å².